The lowest BCUT2D eigenvalue weighted by Gasteiger charge is -2.07. The van der Waals surface area contributed by atoms with Crippen molar-refractivity contribution in [3.05, 3.63) is 51.6 Å². The van der Waals surface area contributed by atoms with Gasteiger partial charge in [0.1, 0.15) is 17.6 Å². The Hall–Kier alpha value is -1.57. The number of nitrogens with one attached hydrogen (secondary N) is 1. The van der Waals surface area contributed by atoms with E-state index >= 15 is 0 Å². The van der Waals surface area contributed by atoms with E-state index in [-0.39, 0.29) is 0 Å². The highest BCUT2D eigenvalue weighted by Gasteiger charge is 2.02. The van der Waals surface area contributed by atoms with Gasteiger partial charge in [-0.3, -0.25) is 0 Å². The van der Waals surface area contributed by atoms with Crippen LogP contribution < -0.4 is 5.32 Å². The molecule has 17 heavy (non-hydrogen) atoms. The number of pyridine rings is 1. The molecule has 1 N–H and O–H groups in total. The molecule has 0 saturated heterocycles. The molecule has 1 aromatic carbocycles. The fraction of sp³-hybridized carbons (Fsp3) is 0. The Morgan fingerprint density at radius 3 is 2.82 bits per heavy atom. The highest BCUT2D eigenvalue weighted by molar-refractivity contribution is 9.10. The van der Waals surface area contributed by atoms with Crippen molar-refractivity contribution in [2.75, 3.05) is 5.32 Å². The fourth-order valence-electron chi connectivity index (χ4n) is 1.30. The van der Waals surface area contributed by atoms with E-state index in [1.54, 1.807) is 24.3 Å². The van der Waals surface area contributed by atoms with Gasteiger partial charge >= 0.3 is 0 Å². The van der Waals surface area contributed by atoms with Gasteiger partial charge < -0.3 is 5.32 Å². The molecular weight excluding hydrogens is 302 g/mol. The highest BCUT2D eigenvalue weighted by atomic mass is 79.9. The van der Waals surface area contributed by atoms with Crippen LogP contribution in [0, 0.1) is 11.3 Å². The van der Waals surface area contributed by atoms with Crippen molar-refractivity contribution in [1.82, 2.24) is 4.98 Å². The molecule has 0 aliphatic rings. The summed E-state index contributed by atoms with van der Waals surface area (Å²) >= 11 is 9.40. The Balaban J connectivity index is 2.28. The van der Waals surface area contributed by atoms with Crippen LogP contribution >= 0.6 is 27.5 Å². The zero-order chi connectivity index (χ0) is 12.3. The van der Waals surface area contributed by atoms with Crippen LogP contribution in [0.15, 0.2) is 40.9 Å². The summed E-state index contributed by atoms with van der Waals surface area (Å²) in [7, 11) is 0. The second kappa shape index (κ2) is 5.17. The Morgan fingerprint density at radius 2 is 2.12 bits per heavy atom. The summed E-state index contributed by atoms with van der Waals surface area (Å²) < 4.78 is 0.909. The molecule has 0 fully saturated rings. The third kappa shape index (κ3) is 2.96. The molecule has 0 aliphatic heterocycles. The second-order valence-corrected chi connectivity index (χ2v) is 4.59. The van der Waals surface area contributed by atoms with Crippen molar-refractivity contribution >= 4 is 39.0 Å². The smallest absolute Gasteiger partial charge is 0.142 e. The van der Waals surface area contributed by atoms with Crippen LogP contribution in [0.1, 0.15) is 5.69 Å². The number of hydrogen-bond donors (Lipinski definition) is 1. The van der Waals surface area contributed by atoms with Gasteiger partial charge in [-0.05, 0) is 30.3 Å². The number of halogens is 2. The first-order chi connectivity index (χ1) is 8.19. The molecule has 0 spiro atoms. The lowest BCUT2D eigenvalue weighted by Crippen LogP contribution is -1.95. The van der Waals surface area contributed by atoms with Crippen molar-refractivity contribution in [3.8, 4) is 6.07 Å². The van der Waals surface area contributed by atoms with Gasteiger partial charge in [-0.25, -0.2) is 4.98 Å². The van der Waals surface area contributed by atoms with Crippen molar-refractivity contribution < 1.29 is 0 Å². The van der Waals surface area contributed by atoms with Gasteiger partial charge in [0, 0.05) is 4.47 Å². The van der Waals surface area contributed by atoms with Crippen molar-refractivity contribution in [3.63, 3.8) is 0 Å². The molecule has 84 valence electrons. The standard InChI is InChI=1S/C12H7BrClN3/c13-8-4-5-11(10(14)6-8)17-12-3-1-2-9(7-15)16-12/h1-6H,(H,16,17). The Morgan fingerprint density at radius 1 is 1.29 bits per heavy atom. The molecule has 1 heterocycles. The van der Waals surface area contributed by atoms with Crippen LogP contribution in [0.25, 0.3) is 0 Å². The monoisotopic (exact) mass is 307 g/mol. The summed E-state index contributed by atoms with van der Waals surface area (Å²) in [6.45, 7) is 0. The van der Waals surface area contributed by atoms with Crippen LogP contribution in [0.4, 0.5) is 11.5 Å². The van der Waals surface area contributed by atoms with Crippen LogP contribution in [0.2, 0.25) is 5.02 Å². The molecule has 0 radical (unpaired) electrons. The number of rotatable bonds is 2. The SMILES string of the molecule is N#Cc1cccc(Nc2ccc(Br)cc2Cl)n1. The number of nitriles is 1. The molecule has 0 aliphatic carbocycles. The third-order valence-corrected chi connectivity index (χ3v) is 2.86. The summed E-state index contributed by atoms with van der Waals surface area (Å²) in [5.41, 5.74) is 1.11. The van der Waals surface area contributed by atoms with Gasteiger partial charge in [-0.2, -0.15) is 5.26 Å². The lowest BCUT2D eigenvalue weighted by molar-refractivity contribution is 1.25. The van der Waals surface area contributed by atoms with E-state index in [1.807, 2.05) is 18.2 Å². The first-order valence-electron chi connectivity index (χ1n) is 4.78. The van der Waals surface area contributed by atoms with E-state index in [0.717, 1.165) is 10.2 Å². The average molecular weight is 309 g/mol. The van der Waals surface area contributed by atoms with E-state index in [0.29, 0.717) is 16.5 Å². The molecule has 1 aromatic heterocycles. The Kier molecular flexibility index (Phi) is 3.62. The minimum atomic E-state index is 0.364. The number of anilines is 2. The molecule has 3 nitrogen and oxygen atoms in total. The molecule has 2 aromatic rings. The fourth-order valence-corrected chi connectivity index (χ4v) is 2.02. The molecule has 0 atom stereocenters. The van der Waals surface area contributed by atoms with E-state index in [9.17, 15) is 0 Å². The minimum absolute atomic E-state index is 0.364. The minimum Gasteiger partial charge on any atom is -0.339 e. The van der Waals surface area contributed by atoms with E-state index in [2.05, 4.69) is 26.2 Å². The molecule has 0 unspecified atom stereocenters. The second-order valence-electron chi connectivity index (χ2n) is 3.27. The summed E-state index contributed by atoms with van der Waals surface area (Å²) in [4.78, 5) is 4.11. The molecule has 5 heteroatoms. The van der Waals surface area contributed by atoms with Crippen molar-refractivity contribution in [2.24, 2.45) is 0 Å². The maximum absolute atomic E-state index is 8.75. The number of hydrogen-bond acceptors (Lipinski definition) is 3. The van der Waals surface area contributed by atoms with Gasteiger partial charge in [-0.15, -0.1) is 0 Å². The molecular formula is C12H7BrClN3. The molecule has 0 amide bonds. The quantitative estimate of drug-likeness (QED) is 0.908. The largest absolute Gasteiger partial charge is 0.339 e. The van der Waals surface area contributed by atoms with Crippen LogP contribution in [0.3, 0.4) is 0 Å². The first kappa shape index (κ1) is 11.9. The molecule has 2 rings (SSSR count). The topological polar surface area (TPSA) is 48.7 Å². The van der Waals surface area contributed by atoms with Crippen LogP contribution in [-0.4, -0.2) is 4.98 Å². The zero-order valence-electron chi connectivity index (χ0n) is 8.61. The molecule has 0 saturated carbocycles. The third-order valence-electron chi connectivity index (χ3n) is 2.06. The van der Waals surface area contributed by atoms with Crippen LogP contribution in [0.5, 0.6) is 0 Å². The zero-order valence-corrected chi connectivity index (χ0v) is 11.0. The summed E-state index contributed by atoms with van der Waals surface area (Å²) in [5.74, 6) is 0.591. The lowest BCUT2D eigenvalue weighted by atomic mass is 10.3. The summed E-state index contributed by atoms with van der Waals surface area (Å²) in [6.07, 6.45) is 0. The number of nitrogens with zero attached hydrogens (tertiary/aromatic N) is 2. The number of benzene rings is 1. The van der Waals surface area contributed by atoms with Gasteiger partial charge in [0.05, 0.1) is 10.7 Å². The predicted octanol–water partition coefficient (Wildman–Crippen LogP) is 4.11. The summed E-state index contributed by atoms with van der Waals surface area (Å²) in [5, 5.41) is 12.4. The highest BCUT2D eigenvalue weighted by Crippen LogP contribution is 2.27. The van der Waals surface area contributed by atoms with E-state index < -0.39 is 0 Å². The summed E-state index contributed by atoms with van der Waals surface area (Å²) in [6, 6.07) is 12.7. The average Bonchev–Trinajstić information content (AvgIpc) is 2.33. The van der Waals surface area contributed by atoms with Gasteiger partial charge in [0.2, 0.25) is 0 Å². The first-order valence-corrected chi connectivity index (χ1v) is 5.95. The maximum Gasteiger partial charge on any atom is 0.142 e. The van der Waals surface area contributed by atoms with Gasteiger partial charge in [0.25, 0.3) is 0 Å². The Labute approximate surface area is 112 Å². The van der Waals surface area contributed by atoms with Crippen molar-refractivity contribution in [1.29, 1.82) is 5.26 Å². The molecule has 0 bridgehead atoms. The predicted molar refractivity (Wildman–Crippen MR) is 71.4 cm³/mol. The van der Waals surface area contributed by atoms with E-state index in [1.165, 1.54) is 0 Å². The van der Waals surface area contributed by atoms with Gasteiger partial charge in [0.15, 0.2) is 0 Å². The van der Waals surface area contributed by atoms with E-state index in [4.69, 9.17) is 16.9 Å². The van der Waals surface area contributed by atoms with Crippen LogP contribution in [-0.2, 0) is 0 Å². The van der Waals surface area contributed by atoms with Gasteiger partial charge in [-0.1, -0.05) is 33.6 Å². The Bertz CT molecular complexity index is 593. The van der Waals surface area contributed by atoms with Crippen molar-refractivity contribution in [2.45, 2.75) is 0 Å². The number of aromatic nitrogens is 1. The normalized spacial score (nSPS) is 9.71. The maximum atomic E-state index is 8.75.